The molecular formula is C13H25N3O3. The van der Waals surface area contributed by atoms with Crippen molar-refractivity contribution in [3.05, 3.63) is 0 Å². The van der Waals surface area contributed by atoms with Gasteiger partial charge in [0, 0.05) is 26.2 Å². The molecule has 1 aliphatic rings. The van der Waals surface area contributed by atoms with Gasteiger partial charge < -0.3 is 19.8 Å². The third-order valence-corrected chi connectivity index (χ3v) is 3.36. The van der Waals surface area contributed by atoms with Crippen molar-refractivity contribution >= 4 is 12.0 Å². The highest BCUT2D eigenvalue weighted by Gasteiger charge is 2.35. The van der Waals surface area contributed by atoms with Gasteiger partial charge in [0.15, 0.2) is 0 Å². The molecule has 1 heterocycles. The summed E-state index contributed by atoms with van der Waals surface area (Å²) in [5.41, 5.74) is 0. The van der Waals surface area contributed by atoms with Crippen LogP contribution in [0.1, 0.15) is 26.2 Å². The number of carboxylic acids is 1. The van der Waals surface area contributed by atoms with Crippen LogP contribution in [0.5, 0.6) is 0 Å². The minimum atomic E-state index is -0.894. The van der Waals surface area contributed by atoms with Crippen molar-refractivity contribution in [3.8, 4) is 0 Å². The number of carboxylic acid groups (broad SMARTS) is 1. The second-order valence-electron chi connectivity index (χ2n) is 5.26. The van der Waals surface area contributed by atoms with Gasteiger partial charge in [0.05, 0.1) is 0 Å². The van der Waals surface area contributed by atoms with E-state index in [1.165, 1.54) is 4.90 Å². The smallest absolute Gasteiger partial charge is 0.326 e. The number of hydrogen-bond acceptors (Lipinski definition) is 3. The average Bonchev–Trinajstić information content (AvgIpc) is 2.82. The van der Waals surface area contributed by atoms with Crippen LogP contribution in [0.4, 0.5) is 4.79 Å². The predicted molar refractivity (Wildman–Crippen MR) is 73.2 cm³/mol. The minimum Gasteiger partial charge on any atom is -0.480 e. The molecule has 1 rings (SSSR count). The van der Waals surface area contributed by atoms with Crippen molar-refractivity contribution in [3.63, 3.8) is 0 Å². The van der Waals surface area contributed by atoms with Crippen molar-refractivity contribution in [1.82, 2.24) is 14.7 Å². The number of aliphatic carboxylic acids is 1. The molecule has 0 spiro atoms. The molecule has 2 amide bonds. The Labute approximate surface area is 115 Å². The van der Waals surface area contributed by atoms with Crippen LogP contribution in [-0.4, -0.2) is 78.1 Å². The zero-order valence-corrected chi connectivity index (χ0v) is 12.1. The van der Waals surface area contributed by atoms with E-state index in [1.54, 1.807) is 4.90 Å². The lowest BCUT2D eigenvalue weighted by Gasteiger charge is -2.31. The summed E-state index contributed by atoms with van der Waals surface area (Å²) in [6.45, 7) is 4.68. The van der Waals surface area contributed by atoms with Gasteiger partial charge in [-0.3, -0.25) is 0 Å². The van der Waals surface area contributed by atoms with Crippen molar-refractivity contribution in [1.29, 1.82) is 0 Å². The molecule has 0 aromatic heterocycles. The van der Waals surface area contributed by atoms with Crippen LogP contribution >= 0.6 is 0 Å². The molecule has 1 aliphatic heterocycles. The Morgan fingerprint density at radius 2 is 1.95 bits per heavy atom. The van der Waals surface area contributed by atoms with E-state index >= 15 is 0 Å². The summed E-state index contributed by atoms with van der Waals surface area (Å²) in [6.07, 6.45) is 2.22. The molecule has 0 aromatic carbocycles. The number of nitrogens with zero attached hydrogens (tertiary/aromatic N) is 3. The molecule has 1 fully saturated rings. The van der Waals surface area contributed by atoms with Crippen molar-refractivity contribution in [2.24, 2.45) is 0 Å². The first-order valence-corrected chi connectivity index (χ1v) is 6.90. The lowest BCUT2D eigenvalue weighted by atomic mass is 10.2. The van der Waals surface area contributed by atoms with Crippen LogP contribution in [0.15, 0.2) is 0 Å². The lowest BCUT2D eigenvalue weighted by molar-refractivity contribution is -0.141. The molecule has 0 saturated carbocycles. The Morgan fingerprint density at radius 1 is 1.26 bits per heavy atom. The average molecular weight is 271 g/mol. The molecule has 0 aromatic rings. The van der Waals surface area contributed by atoms with Gasteiger partial charge in [0.2, 0.25) is 0 Å². The Kier molecular flexibility index (Phi) is 6.08. The largest absolute Gasteiger partial charge is 0.480 e. The van der Waals surface area contributed by atoms with Gasteiger partial charge in [-0.1, -0.05) is 6.92 Å². The maximum absolute atomic E-state index is 12.4. The number of rotatable bonds is 6. The van der Waals surface area contributed by atoms with Crippen molar-refractivity contribution in [2.75, 3.05) is 40.3 Å². The van der Waals surface area contributed by atoms with Gasteiger partial charge >= 0.3 is 12.0 Å². The summed E-state index contributed by atoms with van der Waals surface area (Å²) in [6, 6.07) is -0.778. The molecule has 0 aliphatic carbocycles. The number of likely N-dealkylation sites (tertiary alicyclic amines) is 1. The molecule has 0 radical (unpaired) electrons. The number of carbonyl (C=O) groups is 2. The maximum atomic E-state index is 12.4. The monoisotopic (exact) mass is 271 g/mol. The molecule has 6 nitrogen and oxygen atoms in total. The van der Waals surface area contributed by atoms with Crippen LogP contribution in [0.25, 0.3) is 0 Å². The summed E-state index contributed by atoms with van der Waals surface area (Å²) < 4.78 is 0. The molecule has 1 saturated heterocycles. The van der Waals surface area contributed by atoms with E-state index in [2.05, 4.69) is 0 Å². The summed E-state index contributed by atoms with van der Waals surface area (Å²) >= 11 is 0. The second-order valence-corrected chi connectivity index (χ2v) is 5.26. The molecule has 1 N–H and O–H groups in total. The van der Waals surface area contributed by atoms with Gasteiger partial charge in [-0.05, 0) is 33.4 Å². The Balaban J connectivity index is 2.66. The third-order valence-electron chi connectivity index (χ3n) is 3.36. The second kappa shape index (κ2) is 7.33. The number of urea groups is 1. The normalized spacial score (nSPS) is 18.9. The van der Waals surface area contributed by atoms with Gasteiger partial charge in [0.1, 0.15) is 6.04 Å². The highest BCUT2D eigenvalue weighted by Crippen LogP contribution is 2.19. The third kappa shape index (κ3) is 4.38. The van der Waals surface area contributed by atoms with Crippen molar-refractivity contribution < 1.29 is 14.7 Å². The van der Waals surface area contributed by atoms with E-state index < -0.39 is 12.0 Å². The fourth-order valence-corrected chi connectivity index (χ4v) is 2.33. The lowest BCUT2D eigenvalue weighted by Crippen LogP contribution is -2.49. The van der Waals surface area contributed by atoms with Gasteiger partial charge in [-0.25, -0.2) is 9.59 Å². The van der Waals surface area contributed by atoms with Crippen LogP contribution in [0.2, 0.25) is 0 Å². The fourth-order valence-electron chi connectivity index (χ4n) is 2.33. The van der Waals surface area contributed by atoms with Gasteiger partial charge in [-0.15, -0.1) is 0 Å². The SMILES string of the molecule is CCCN(CCN(C)C)C(=O)N1CCCC1C(=O)O. The number of amides is 2. The Morgan fingerprint density at radius 3 is 2.47 bits per heavy atom. The first kappa shape index (κ1) is 15.8. The minimum absolute atomic E-state index is 0.131. The standard InChI is InChI=1S/C13H25N3O3/c1-4-7-15(10-9-14(2)3)13(19)16-8-5-6-11(16)12(17)18/h11H,4-10H2,1-3H3,(H,17,18). The molecule has 0 bridgehead atoms. The summed E-state index contributed by atoms with van der Waals surface area (Å²) in [7, 11) is 3.93. The first-order valence-electron chi connectivity index (χ1n) is 6.90. The quantitative estimate of drug-likeness (QED) is 0.780. The van der Waals surface area contributed by atoms with E-state index in [1.807, 2.05) is 25.9 Å². The zero-order chi connectivity index (χ0) is 14.4. The van der Waals surface area contributed by atoms with Gasteiger partial charge in [0.25, 0.3) is 0 Å². The van der Waals surface area contributed by atoms with Gasteiger partial charge in [-0.2, -0.15) is 0 Å². The fraction of sp³-hybridized carbons (Fsp3) is 0.846. The number of likely N-dealkylation sites (N-methyl/N-ethyl adjacent to an activating group) is 1. The Bertz CT molecular complexity index is 320. The molecule has 1 atom stereocenters. The molecule has 1 unspecified atom stereocenters. The van der Waals surface area contributed by atoms with E-state index in [9.17, 15) is 9.59 Å². The molecular weight excluding hydrogens is 246 g/mol. The highest BCUT2D eigenvalue weighted by atomic mass is 16.4. The Hall–Kier alpha value is -1.30. The first-order chi connectivity index (χ1) is 8.97. The number of carbonyl (C=O) groups excluding carboxylic acids is 1. The summed E-state index contributed by atoms with van der Waals surface area (Å²) in [5, 5.41) is 9.14. The van der Waals surface area contributed by atoms with Crippen LogP contribution in [0, 0.1) is 0 Å². The summed E-state index contributed by atoms with van der Waals surface area (Å²) in [4.78, 5) is 28.9. The van der Waals surface area contributed by atoms with Crippen LogP contribution in [0.3, 0.4) is 0 Å². The number of hydrogen-bond donors (Lipinski definition) is 1. The van der Waals surface area contributed by atoms with E-state index in [4.69, 9.17) is 5.11 Å². The molecule has 6 heteroatoms. The maximum Gasteiger partial charge on any atom is 0.326 e. The van der Waals surface area contributed by atoms with E-state index in [-0.39, 0.29) is 6.03 Å². The molecule has 110 valence electrons. The predicted octanol–water partition coefficient (Wildman–Crippen LogP) is 0.929. The van der Waals surface area contributed by atoms with E-state index in [0.29, 0.717) is 26.1 Å². The van der Waals surface area contributed by atoms with Crippen LogP contribution in [-0.2, 0) is 4.79 Å². The highest BCUT2D eigenvalue weighted by molar-refractivity contribution is 5.83. The summed E-state index contributed by atoms with van der Waals surface area (Å²) in [5.74, 6) is -0.894. The molecule has 19 heavy (non-hydrogen) atoms. The topological polar surface area (TPSA) is 64.1 Å². The van der Waals surface area contributed by atoms with E-state index in [0.717, 1.165) is 19.4 Å². The zero-order valence-electron chi connectivity index (χ0n) is 12.1. The van der Waals surface area contributed by atoms with Crippen LogP contribution < -0.4 is 0 Å². The van der Waals surface area contributed by atoms with Crippen molar-refractivity contribution in [2.45, 2.75) is 32.2 Å².